The van der Waals surface area contributed by atoms with Crippen molar-refractivity contribution in [2.45, 2.75) is 37.7 Å². The number of aromatic nitrogens is 3. The van der Waals surface area contributed by atoms with E-state index < -0.39 is 6.04 Å². The van der Waals surface area contributed by atoms with Gasteiger partial charge in [-0.25, -0.2) is 0 Å². The average Bonchev–Trinajstić information content (AvgIpc) is 3.25. The van der Waals surface area contributed by atoms with Crippen molar-refractivity contribution in [1.29, 1.82) is 0 Å². The molecular formula is C26H24Cl2N4OS. The van der Waals surface area contributed by atoms with E-state index in [1.807, 2.05) is 54.8 Å². The standard InChI is InChI=1S/C26H24Cl2N4OS/c1-16-8-11-21(12-9-16)32-24(18(3)29-25(33)19-10-13-22(27)23(28)14-19)30-31-26(32)34-15-20-7-5-4-6-17(20)2/h4-14,18H,15H2,1-3H3,(H,29,33)/t18-/m1/s1. The van der Waals surface area contributed by atoms with Gasteiger partial charge in [0, 0.05) is 17.0 Å². The highest BCUT2D eigenvalue weighted by Gasteiger charge is 2.22. The predicted molar refractivity (Wildman–Crippen MR) is 139 cm³/mol. The first kappa shape index (κ1) is 24.3. The van der Waals surface area contributed by atoms with Gasteiger partial charge in [-0.3, -0.25) is 9.36 Å². The monoisotopic (exact) mass is 510 g/mol. The molecule has 1 atom stereocenters. The molecule has 4 rings (SSSR count). The van der Waals surface area contributed by atoms with Gasteiger partial charge < -0.3 is 5.32 Å². The van der Waals surface area contributed by atoms with Gasteiger partial charge in [0.2, 0.25) is 0 Å². The van der Waals surface area contributed by atoms with E-state index in [1.54, 1.807) is 30.0 Å². The van der Waals surface area contributed by atoms with Gasteiger partial charge in [0.25, 0.3) is 5.91 Å². The second kappa shape index (κ2) is 10.6. The number of carbonyl (C=O) groups excluding carboxylic acids is 1. The number of halogens is 2. The maximum absolute atomic E-state index is 12.9. The second-order valence-corrected chi connectivity index (χ2v) is 9.81. The molecule has 4 aromatic rings. The van der Waals surface area contributed by atoms with Crippen LogP contribution in [0.5, 0.6) is 0 Å². The lowest BCUT2D eigenvalue weighted by molar-refractivity contribution is 0.0938. The summed E-state index contributed by atoms with van der Waals surface area (Å²) in [6, 6.07) is 20.9. The van der Waals surface area contributed by atoms with Gasteiger partial charge in [0.1, 0.15) is 0 Å². The Kier molecular flexibility index (Phi) is 7.61. The third-order valence-corrected chi connectivity index (χ3v) is 7.20. The lowest BCUT2D eigenvalue weighted by Crippen LogP contribution is -2.28. The molecule has 34 heavy (non-hydrogen) atoms. The quantitative estimate of drug-likeness (QED) is 0.272. The highest BCUT2D eigenvalue weighted by atomic mass is 35.5. The summed E-state index contributed by atoms with van der Waals surface area (Å²) in [5, 5.41) is 13.4. The van der Waals surface area contributed by atoms with E-state index in [0.717, 1.165) is 22.2 Å². The number of nitrogens with one attached hydrogen (secondary N) is 1. The molecule has 0 unspecified atom stereocenters. The molecule has 0 aliphatic heterocycles. The number of thioether (sulfide) groups is 1. The summed E-state index contributed by atoms with van der Waals surface area (Å²) in [7, 11) is 0. The average molecular weight is 511 g/mol. The molecule has 0 aliphatic rings. The maximum atomic E-state index is 12.9. The number of rotatable bonds is 7. The van der Waals surface area contributed by atoms with Crippen LogP contribution in [0.2, 0.25) is 10.0 Å². The van der Waals surface area contributed by atoms with E-state index in [4.69, 9.17) is 23.2 Å². The number of benzene rings is 3. The summed E-state index contributed by atoms with van der Waals surface area (Å²) < 4.78 is 2.00. The first-order valence-corrected chi connectivity index (χ1v) is 12.5. The van der Waals surface area contributed by atoms with Crippen LogP contribution in [0.15, 0.2) is 71.9 Å². The molecule has 1 amide bonds. The molecule has 0 bridgehead atoms. The number of hydrogen-bond donors (Lipinski definition) is 1. The molecular weight excluding hydrogens is 487 g/mol. The SMILES string of the molecule is Cc1ccc(-n2c(SCc3ccccc3C)nnc2[C@@H](C)NC(=O)c2ccc(Cl)c(Cl)c2)cc1. The van der Waals surface area contributed by atoms with E-state index in [-0.39, 0.29) is 5.91 Å². The summed E-state index contributed by atoms with van der Waals surface area (Å²) in [5.74, 6) is 1.14. The van der Waals surface area contributed by atoms with Gasteiger partial charge in [-0.2, -0.15) is 0 Å². The summed E-state index contributed by atoms with van der Waals surface area (Å²) in [5.41, 5.74) is 5.01. The van der Waals surface area contributed by atoms with Crippen LogP contribution in [0.25, 0.3) is 5.69 Å². The molecule has 174 valence electrons. The molecule has 8 heteroatoms. The molecule has 1 N–H and O–H groups in total. The van der Waals surface area contributed by atoms with Gasteiger partial charge in [-0.05, 0) is 62.2 Å². The van der Waals surface area contributed by atoms with Gasteiger partial charge in [-0.1, -0.05) is 76.9 Å². The fourth-order valence-corrected chi connectivity index (χ4v) is 4.82. The van der Waals surface area contributed by atoms with Crippen LogP contribution in [0.3, 0.4) is 0 Å². The smallest absolute Gasteiger partial charge is 0.251 e. The van der Waals surface area contributed by atoms with Crippen molar-refractivity contribution >= 4 is 40.9 Å². The Morgan fingerprint density at radius 3 is 2.44 bits per heavy atom. The molecule has 0 spiro atoms. The second-order valence-electron chi connectivity index (χ2n) is 8.05. The molecule has 0 fully saturated rings. The van der Waals surface area contributed by atoms with E-state index in [1.165, 1.54) is 11.1 Å². The normalized spacial score (nSPS) is 11.9. The van der Waals surface area contributed by atoms with E-state index in [9.17, 15) is 4.79 Å². The molecule has 0 saturated carbocycles. The van der Waals surface area contributed by atoms with Crippen molar-refractivity contribution in [1.82, 2.24) is 20.1 Å². The van der Waals surface area contributed by atoms with Crippen molar-refractivity contribution < 1.29 is 4.79 Å². The van der Waals surface area contributed by atoms with Crippen LogP contribution in [-0.4, -0.2) is 20.7 Å². The largest absolute Gasteiger partial charge is 0.342 e. The number of nitrogens with zero attached hydrogens (tertiary/aromatic N) is 3. The highest BCUT2D eigenvalue weighted by Crippen LogP contribution is 2.29. The van der Waals surface area contributed by atoms with Gasteiger partial charge in [0.15, 0.2) is 11.0 Å². The summed E-state index contributed by atoms with van der Waals surface area (Å²) in [6.07, 6.45) is 0. The molecule has 0 aliphatic carbocycles. The maximum Gasteiger partial charge on any atom is 0.251 e. The molecule has 1 aromatic heterocycles. The van der Waals surface area contributed by atoms with Crippen molar-refractivity contribution in [3.8, 4) is 5.69 Å². The number of amides is 1. The lowest BCUT2D eigenvalue weighted by Gasteiger charge is -2.17. The summed E-state index contributed by atoms with van der Waals surface area (Å²) in [6.45, 7) is 6.04. The molecule has 3 aromatic carbocycles. The summed E-state index contributed by atoms with van der Waals surface area (Å²) in [4.78, 5) is 12.9. The number of carbonyl (C=O) groups is 1. The fourth-order valence-electron chi connectivity index (χ4n) is 3.49. The zero-order chi connectivity index (χ0) is 24.2. The minimum atomic E-state index is -0.399. The fraction of sp³-hybridized carbons (Fsp3) is 0.192. The number of hydrogen-bond acceptors (Lipinski definition) is 4. The van der Waals surface area contributed by atoms with Gasteiger partial charge in [0.05, 0.1) is 16.1 Å². The Bertz CT molecular complexity index is 1320. The van der Waals surface area contributed by atoms with E-state index >= 15 is 0 Å². The Labute approximate surface area is 213 Å². The van der Waals surface area contributed by atoms with Gasteiger partial charge >= 0.3 is 0 Å². The van der Waals surface area contributed by atoms with Crippen LogP contribution in [0.4, 0.5) is 0 Å². The van der Waals surface area contributed by atoms with Crippen LogP contribution >= 0.6 is 35.0 Å². The zero-order valence-corrected chi connectivity index (χ0v) is 21.4. The van der Waals surface area contributed by atoms with Crippen molar-refractivity contribution in [3.63, 3.8) is 0 Å². The van der Waals surface area contributed by atoms with Crippen LogP contribution < -0.4 is 5.32 Å². The molecule has 1 heterocycles. The van der Waals surface area contributed by atoms with Crippen molar-refractivity contribution in [3.05, 3.63) is 105 Å². The molecule has 0 radical (unpaired) electrons. The predicted octanol–water partition coefficient (Wildman–Crippen LogP) is 6.97. The van der Waals surface area contributed by atoms with Crippen LogP contribution in [0.1, 0.15) is 45.8 Å². The van der Waals surface area contributed by atoms with Crippen molar-refractivity contribution in [2.75, 3.05) is 0 Å². The molecule has 0 saturated heterocycles. The Hall–Kier alpha value is -2.80. The van der Waals surface area contributed by atoms with Crippen LogP contribution in [-0.2, 0) is 5.75 Å². The topological polar surface area (TPSA) is 59.8 Å². The Balaban J connectivity index is 1.63. The van der Waals surface area contributed by atoms with E-state index in [0.29, 0.717) is 21.4 Å². The lowest BCUT2D eigenvalue weighted by atomic mass is 10.1. The van der Waals surface area contributed by atoms with Crippen molar-refractivity contribution in [2.24, 2.45) is 0 Å². The third-order valence-electron chi connectivity index (χ3n) is 5.49. The molecule has 5 nitrogen and oxygen atoms in total. The minimum absolute atomic E-state index is 0.265. The van der Waals surface area contributed by atoms with Gasteiger partial charge in [-0.15, -0.1) is 10.2 Å². The Morgan fingerprint density at radius 1 is 1.00 bits per heavy atom. The third kappa shape index (κ3) is 5.46. The zero-order valence-electron chi connectivity index (χ0n) is 19.0. The highest BCUT2D eigenvalue weighted by molar-refractivity contribution is 7.98. The first-order valence-electron chi connectivity index (χ1n) is 10.8. The first-order chi connectivity index (χ1) is 16.3. The number of aryl methyl sites for hydroxylation is 2. The summed E-state index contributed by atoms with van der Waals surface area (Å²) >= 11 is 13.7. The van der Waals surface area contributed by atoms with E-state index in [2.05, 4.69) is 34.6 Å². The van der Waals surface area contributed by atoms with Crippen LogP contribution in [0, 0.1) is 13.8 Å². The minimum Gasteiger partial charge on any atom is -0.342 e. The Morgan fingerprint density at radius 2 is 1.74 bits per heavy atom.